The van der Waals surface area contributed by atoms with E-state index in [0.29, 0.717) is 29.8 Å². The minimum atomic E-state index is -0.0828. The number of nitrogens with zero attached hydrogens (tertiary/aromatic N) is 2. The molecule has 1 aromatic heterocycles. The smallest absolute Gasteiger partial charge is 0.254 e. The van der Waals surface area contributed by atoms with Crippen LogP contribution in [0.2, 0.25) is 0 Å². The molecule has 5 heteroatoms. The first-order valence-corrected chi connectivity index (χ1v) is 9.75. The van der Waals surface area contributed by atoms with Gasteiger partial charge in [0.15, 0.2) is 5.78 Å². The summed E-state index contributed by atoms with van der Waals surface area (Å²) in [6.45, 7) is 1.84. The fourth-order valence-electron chi connectivity index (χ4n) is 3.68. The molecule has 2 aromatic carbocycles. The van der Waals surface area contributed by atoms with Crippen molar-refractivity contribution in [2.45, 2.75) is 19.5 Å². The Morgan fingerprint density at radius 3 is 2.45 bits per heavy atom. The van der Waals surface area contributed by atoms with E-state index >= 15 is 0 Å². The lowest BCUT2D eigenvalue weighted by Crippen LogP contribution is -2.35. The molecule has 0 unspecified atom stereocenters. The highest BCUT2D eigenvalue weighted by atomic mass is 16.3. The largest absolute Gasteiger partial charge is 0.463 e. The molecule has 0 spiro atoms. The Bertz CT molecular complexity index is 1040. The van der Waals surface area contributed by atoms with Crippen molar-refractivity contribution in [2.75, 3.05) is 20.6 Å². The number of furan rings is 1. The summed E-state index contributed by atoms with van der Waals surface area (Å²) in [6.07, 6.45) is 0.778. The Kier molecular flexibility index (Phi) is 5.32. The third-order valence-corrected chi connectivity index (χ3v) is 5.10. The highest BCUT2D eigenvalue weighted by Gasteiger charge is 2.25. The summed E-state index contributed by atoms with van der Waals surface area (Å²) in [5.41, 5.74) is 2.84. The van der Waals surface area contributed by atoms with Crippen molar-refractivity contribution in [3.63, 3.8) is 0 Å². The molecule has 0 radical (unpaired) electrons. The number of rotatable bonds is 5. The molecule has 5 nitrogen and oxygen atoms in total. The molecule has 29 heavy (non-hydrogen) atoms. The first-order valence-electron chi connectivity index (χ1n) is 9.75. The van der Waals surface area contributed by atoms with Crippen molar-refractivity contribution in [3.05, 3.63) is 94.4 Å². The Morgan fingerprint density at radius 1 is 0.966 bits per heavy atom. The van der Waals surface area contributed by atoms with Gasteiger partial charge in [0.2, 0.25) is 0 Å². The number of carbonyl (C=O) groups excluding carboxylic acids is 2. The van der Waals surface area contributed by atoms with Gasteiger partial charge in [0.1, 0.15) is 11.5 Å². The van der Waals surface area contributed by atoms with Gasteiger partial charge in [-0.15, -0.1) is 0 Å². The highest BCUT2D eigenvalue weighted by molar-refractivity contribution is 6.10. The number of fused-ring (bicyclic) bond motifs is 1. The molecule has 0 saturated carbocycles. The predicted molar refractivity (Wildman–Crippen MR) is 111 cm³/mol. The molecule has 0 aliphatic carbocycles. The molecule has 4 rings (SSSR count). The van der Waals surface area contributed by atoms with Crippen LogP contribution >= 0.6 is 0 Å². The SMILES string of the molecule is CN(C)Cc1cc2c(o1)CN(C(=O)c1cccc(C(=O)c3ccccc3)c1)CC2. The van der Waals surface area contributed by atoms with E-state index < -0.39 is 0 Å². The number of hydrogen-bond donors (Lipinski definition) is 0. The van der Waals surface area contributed by atoms with E-state index in [9.17, 15) is 9.59 Å². The minimum Gasteiger partial charge on any atom is -0.463 e. The third-order valence-electron chi connectivity index (χ3n) is 5.10. The molecular formula is C24H24N2O3. The predicted octanol–water partition coefficient (Wildman–Crippen LogP) is 3.77. The van der Waals surface area contributed by atoms with Crippen LogP contribution in [-0.4, -0.2) is 42.1 Å². The van der Waals surface area contributed by atoms with Crippen LogP contribution in [0.15, 0.2) is 65.1 Å². The molecule has 3 aromatic rings. The standard InChI is InChI=1S/C24H24N2O3/c1-25(2)15-21-14-18-11-12-26(16-22(18)29-21)24(28)20-10-6-9-19(13-20)23(27)17-7-4-3-5-8-17/h3-10,13-14H,11-12,15-16H2,1-2H3. The third kappa shape index (κ3) is 4.15. The maximum Gasteiger partial charge on any atom is 0.254 e. The molecule has 1 aliphatic rings. The Balaban J connectivity index is 1.52. The molecular weight excluding hydrogens is 364 g/mol. The number of benzene rings is 2. The second kappa shape index (κ2) is 8.05. The van der Waals surface area contributed by atoms with Crippen molar-refractivity contribution in [3.8, 4) is 0 Å². The summed E-state index contributed by atoms with van der Waals surface area (Å²) in [7, 11) is 4.00. The highest BCUT2D eigenvalue weighted by Crippen LogP contribution is 2.25. The van der Waals surface area contributed by atoms with Gasteiger partial charge in [0.05, 0.1) is 13.1 Å². The van der Waals surface area contributed by atoms with Gasteiger partial charge in [-0.25, -0.2) is 0 Å². The zero-order chi connectivity index (χ0) is 20.4. The average Bonchev–Trinajstić information content (AvgIpc) is 3.14. The van der Waals surface area contributed by atoms with E-state index in [1.807, 2.05) is 32.3 Å². The summed E-state index contributed by atoms with van der Waals surface area (Å²) in [4.78, 5) is 29.6. The maximum absolute atomic E-state index is 13.1. The van der Waals surface area contributed by atoms with Crippen LogP contribution in [0.25, 0.3) is 0 Å². The summed E-state index contributed by atoms with van der Waals surface area (Å²) in [6, 6.07) is 18.2. The van der Waals surface area contributed by atoms with E-state index in [2.05, 4.69) is 11.0 Å². The van der Waals surface area contributed by atoms with Gasteiger partial charge in [-0.3, -0.25) is 9.59 Å². The van der Waals surface area contributed by atoms with Gasteiger partial charge in [-0.1, -0.05) is 42.5 Å². The lowest BCUT2D eigenvalue weighted by molar-refractivity contribution is 0.0718. The lowest BCUT2D eigenvalue weighted by atomic mass is 10.0. The summed E-state index contributed by atoms with van der Waals surface area (Å²) in [5, 5.41) is 0. The minimum absolute atomic E-state index is 0.0797. The van der Waals surface area contributed by atoms with Crippen molar-refractivity contribution >= 4 is 11.7 Å². The summed E-state index contributed by atoms with van der Waals surface area (Å²) in [5.74, 6) is 1.62. The first-order chi connectivity index (χ1) is 14.0. The number of hydrogen-bond acceptors (Lipinski definition) is 4. The fraction of sp³-hybridized carbons (Fsp3) is 0.250. The monoisotopic (exact) mass is 388 g/mol. The molecule has 0 saturated heterocycles. The van der Waals surface area contributed by atoms with Gasteiger partial charge in [-0.05, 0) is 44.3 Å². The van der Waals surface area contributed by atoms with Crippen molar-refractivity contribution < 1.29 is 14.0 Å². The van der Waals surface area contributed by atoms with Crippen LogP contribution in [0.3, 0.4) is 0 Å². The summed E-state index contributed by atoms with van der Waals surface area (Å²) < 4.78 is 5.96. The van der Waals surface area contributed by atoms with E-state index in [1.165, 1.54) is 5.56 Å². The van der Waals surface area contributed by atoms with Crippen LogP contribution in [0.5, 0.6) is 0 Å². The van der Waals surface area contributed by atoms with Crippen LogP contribution in [-0.2, 0) is 19.5 Å². The van der Waals surface area contributed by atoms with Gasteiger partial charge in [0, 0.05) is 23.2 Å². The van der Waals surface area contributed by atoms with E-state index in [4.69, 9.17) is 4.42 Å². The normalized spacial score (nSPS) is 13.4. The average molecular weight is 388 g/mol. The molecule has 0 atom stereocenters. The van der Waals surface area contributed by atoms with Gasteiger partial charge in [0.25, 0.3) is 5.91 Å². The second-order valence-corrected chi connectivity index (χ2v) is 7.65. The Morgan fingerprint density at radius 2 is 1.69 bits per heavy atom. The molecule has 0 bridgehead atoms. The van der Waals surface area contributed by atoms with Crippen LogP contribution in [0.1, 0.15) is 43.4 Å². The number of carbonyl (C=O) groups is 2. The van der Waals surface area contributed by atoms with Gasteiger partial charge < -0.3 is 14.2 Å². The molecule has 1 amide bonds. The first kappa shape index (κ1) is 19.2. The molecule has 1 aliphatic heterocycles. The fourth-order valence-corrected chi connectivity index (χ4v) is 3.68. The van der Waals surface area contributed by atoms with E-state index in [1.54, 1.807) is 41.3 Å². The summed E-state index contributed by atoms with van der Waals surface area (Å²) >= 11 is 0. The van der Waals surface area contributed by atoms with Crippen molar-refractivity contribution in [1.29, 1.82) is 0 Å². The molecule has 2 heterocycles. The molecule has 148 valence electrons. The van der Waals surface area contributed by atoms with E-state index in [-0.39, 0.29) is 11.7 Å². The lowest BCUT2D eigenvalue weighted by Gasteiger charge is -2.26. The number of amides is 1. The topological polar surface area (TPSA) is 53.8 Å². The van der Waals surface area contributed by atoms with Crippen molar-refractivity contribution in [1.82, 2.24) is 9.80 Å². The van der Waals surface area contributed by atoms with Gasteiger partial charge in [-0.2, -0.15) is 0 Å². The van der Waals surface area contributed by atoms with Crippen LogP contribution in [0, 0.1) is 0 Å². The number of ketones is 1. The van der Waals surface area contributed by atoms with Crippen molar-refractivity contribution in [2.24, 2.45) is 0 Å². The molecule has 0 N–H and O–H groups in total. The maximum atomic E-state index is 13.1. The quantitative estimate of drug-likeness (QED) is 0.625. The zero-order valence-corrected chi connectivity index (χ0v) is 16.7. The van der Waals surface area contributed by atoms with Crippen LogP contribution < -0.4 is 0 Å². The Labute approximate surface area is 170 Å². The second-order valence-electron chi connectivity index (χ2n) is 7.65. The zero-order valence-electron chi connectivity index (χ0n) is 16.7. The molecule has 0 fully saturated rings. The van der Waals surface area contributed by atoms with Crippen LogP contribution in [0.4, 0.5) is 0 Å². The van der Waals surface area contributed by atoms with E-state index in [0.717, 1.165) is 24.5 Å². The van der Waals surface area contributed by atoms with Gasteiger partial charge >= 0.3 is 0 Å². The Hall–Kier alpha value is -3.18.